The maximum atomic E-state index is 11.1. The number of nitrogens with zero attached hydrogens (tertiary/aromatic N) is 2. The lowest BCUT2D eigenvalue weighted by Crippen LogP contribution is -2.56. The summed E-state index contributed by atoms with van der Waals surface area (Å²) in [6, 6.07) is 6.50. The molecule has 21 heavy (non-hydrogen) atoms. The molecule has 4 nitrogen and oxygen atoms in total. The van der Waals surface area contributed by atoms with Crippen LogP contribution in [0.5, 0.6) is 0 Å². The van der Waals surface area contributed by atoms with Gasteiger partial charge in [0.15, 0.2) is 0 Å². The van der Waals surface area contributed by atoms with Gasteiger partial charge in [0.05, 0.1) is 5.56 Å². The number of carboxylic acids is 1. The van der Waals surface area contributed by atoms with Crippen molar-refractivity contribution in [1.82, 2.24) is 4.90 Å². The van der Waals surface area contributed by atoms with Crippen LogP contribution in [0, 0.1) is 6.92 Å². The average molecular weight is 288 g/mol. The van der Waals surface area contributed by atoms with Crippen molar-refractivity contribution in [3.63, 3.8) is 0 Å². The van der Waals surface area contributed by atoms with Crippen LogP contribution in [-0.4, -0.2) is 47.7 Å². The van der Waals surface area contributed by atoms with Crippen molar-refractivity contribution in [2.45, 2.75) is 32.9 Å². The first-order chi connectivity index (χ1) is 9.93. The molecule has 0 aromatic heterocycles. The van der Waals surface area contributed by atoms with E-state index in [2.05, 4.69) is 30.2 Å². The maximum absolute atomic E-state index is 11.1. The monoisotopic (exact) mass is 288 g/mol. The summed E-state index contributed by atoms with van der Waals surface area (Å²) in [5.41, 5.74) is 2.30. The van der Waals surface area contributed by atoms with E-state index < -0.39 is 5.97 Å². The molecule has 0 unspecified atom stereocenters. The molecule has 1 fully saturated rings. The van der Waals surface area contributed by atoms with E-state index in [1.54, 1.807) is 6.07 Å². The average Bonchev–Trinajstić information content (AvgIpc) is 2.42. The second-order valence-corrected chi connectivity index (χ2v) is 5.89. The lowest BCUT2D eigenvalue weighted by molar-refractivity contribution is 0.0696. The largest absolute Gasteiger partial charge is 0.478 e. The number of anilines is 1. The third-order valence-corrected chi connectivity index (χ3v) is 4.25. The highest BCUT2D eigenvalue weighted by molar-refractivity contribution is 5.89. The zero-order valence-electron chi connectivity index (χ0n) is 13.0. The number of benzene rings is 1. The van der Waals surface area contributed by atoms with E-state index in [0.29, 0.717) is 17.6 Å². The highest BCUT2D eigenvalue weighted by Gasteiger charge is 2.28. The molecule has 2 rings (SSSR count). The number of hydrogen-bond donors (Lipinski definition) is 1. The fourth-order valence-electron chi connectivity index (χ4n) is 3.16. The molecule has 4 heteroatoms. The smallest absolute Gasteiger partial charge is 0.335 e. The van der Waals surface area contributed by atoms with Gasteiger partial charge in [-0.05, 0) is 44.5 Å². The fourth-order valence-corrected chi connectivity index (χ4v) is 3.16. The van der Waals surface area contributed by atoms with Gasteiger partial charge >= 0.3 is 5.97 Å². The van der Waals surface area contributed by atoms with Crippen molar-refractivity contribution in [2.24, 2.45) is 0 Å². The van der Waals surface area contributed by atoms with Crippen LogP contribution >= 0.6 is 0 Å². The predicted molar refractivity (Wildman–Crippen MR) is 86.2 cm³/mol. The van der Waals surface area contributed by atoms with Gasteiger partial charge in [-0.1, -0.05) is 6.08 Å². The fraction of sp³-hybridized carbons (Fsp3) is 0.471. The molecule has 1 aromatic rings. The minimum atomic E-state index is -0.864. The van der Waals surface area contributed by atoms with Gasteiger partial charge in [0.1, 0.15) is 0 Å². The number of carboxylic acid groups (broad SMARTS) is 1. The van der Waals surface area contributed by atoms with Gasteiger partial charge in [0, 0.05) is 37.4 Å². The minimum Gasteiger partial charge on any atom is -0.478 e. The van der Waals surface area contributed by atoms with Crippen LogP contribution in [0.3, 0.4) is 0 Å². The number of piperazine rings is 1. The Kier molecular flexibility index (Phi) is 4.68. The number of rotatable bonds is 4. The Morgan fingerprint density at radius 2 is 2.00 bits per heavy atom. The normalized spacial score (nSPS) is 23.1. The first-order valence-corrected chi connectivity index (χ1v) is 7.39. The molecule has 2 atom stereocenters. The quantitative estimate of drug-likeness (QED) is 0.865. The van der Waals surface area contributed by atoms with Crippen molar-refractivity contribution >= 4 is 11.7 Å². The molecule has 1 aromatic carbocycles. The third kappa shape index (κ3) is 3.27. The molecule has 1 saturated heterocycles. The van der Waals surface area contributed by atoms with Crippen LogP contribution in [0.25, 0.3) is 0 Å². The van der Waals surface area contributed by atoms with E-state index in [-0.39, 0.29) is 0 Å². The Morgan fingerprint density at radius 3 is 2.48 bits per heavy atom. The van der Waals surface area contributed by atoms with Gasteiger partial charge < -0.3 is 10.0 Å². The summed E-state index contributed by atoms with van der Waals surface area (Å²) in [5.74, 6) is -0.864. The van der Waals surface area contributed by atoms with Gasteiger partial charge in [0.25, 0.3) is 0 Å². The number of aromatic carboxylic acids is 1. The zero-order chi connectivity index (χ0) is 15.6. The second-order valence-electron chi connectivity index (χ2n) is 5.89. The van der Waals surface area contributed by atoms with Crippen LogP contribution in [0.2, 0.25) is 0 Å². The molecule has 0 amide bonds. The molecule has 0 aliphatic carbocycles. The predicted octanol–water partition coefficient (Wildman–Crippen LogP) is 2.78. The summed E-state index contributed by atoms with van der Waals surface area (Å²) in [4.78, 5) is 15.9. The first-order valence-electron chi connectivity index (χ1n) is 7.39. The summed E-state index contributed by atoms with van der Waals surface area (Å²) >= 11 is 0. The van der Waals surface area contributed by atoms with E-state index in [9.17, 15) is 4.79 Å². The molecule has 114 valence electrons. The lowest BCUT2D eigenvalue weighted by atomic mass is 10.0. The summed E-state index contributed by atoms with van der Waals surface area (Å²) in [6.45, 7) is 12.9. The zero-order valence-corrected chi connectivity index (χ0v) is 13.0. The van der Waals surface area contributed by atoms with Crippen molar-refractivity contribution < 1.29 is 9.90 Å². The molecular formula is C17H24N2O2. The van der Waals surface area contributed by atoms with E-state index in [1.165, 1.54) is 0 Å². The SMILES string of the molecule is C=CCN1[C@H](C)CN(c2ccc(C(=O)O)c(C)c2)C[C@@H]1C. The summed E-state index contributed by atoms with van der Waals surface area (Å²) in [5, 5.41) is 9.12. The molecule has 1 heterocycles. The second kappa shape index (κ2) is 6.31. The molecule has 1 aliphatic rings. The lowest BCUT2D eigenvalue weighted by Gasteiger charge is -2.45. The standard InChI is InChI=1S/C17H24N2O2/c1-5-8-19-13(3)10-18(11-14(19)4)15-6-7-16(17(20)21)12(2)9-15/h5-7,9,13-14H,1,8,10-11H2,2-4H3,(H,20,21)/t13-,14+. The van der Waals surface area contributed by atoms with Crippen LogP contribution in [0.4, 0.5) is 5.69 Å². The first kappa shape index (κ1) is 15.6. The molecule has 0 spiro atoms. The molecule has 1 N–H and O–H groups in total. The summed E-state index contributed by atoms with van der Waals surface area (Å²) < 4.78 is 0. The van der Waals surface area contributed by atoms with E-state index in [1.807, 2.05) is 25.1 Å². The van der Waals surface area contributed by atoms with Crippen molar-refractivity contribution in [3.8, 4) is 0 Å². The number of aryl methyl sites for hydroxylation is 1. The maximum Gasteiger partial charge on any atom is 0.335 e. The number of carbonyl (C=O) groups is 1. The highest BCUT2D eigenvalue weighted by atomic mass is 16.4. The molecule has 0 saturated carbocycles. The topological polar surface area (TPSA) is 43.8 Å². The summed E-state index contributed by atoms with van der Waals surface area (Å²) in [6.07, 6.45) is 1.95. The van der Waals surface area contributed by atoms with E-state index in [0.717, 1.165) is 30.9 Å². The Balaban J connectivity index is 2.18. The van der Waals surface area contributed by atoms with Crippen LogP contribution in [0.15, 0.2) is 30.9 Å². The Morgan fingerprint density at radius 1 is 1.38 bits per heavy atom. The van der Waals surface area contributed by atoms with Crippen LogP contribution in [0.1, 0.15) is 29.8 Å². The third-order valence-electron chi connectivity index (χ3n) is 4.25. The Bertz CT molecular complexity index is 530. The van der Waals surface area contributed by atoms with E-state index in [4.69, 9.17) is 5.11 Å². The van der Waals surface area contributed by atoms with Crippen molar-refractivity contribution in [2.75, 3.05) is 24.5 Å². The van der Waals surface area contributed by atoms with Gasteiger partial charge in [0.2, 0.25) is 0 Å². The number of hydrogen-bond acceptors (Lipinski definition) is 3. The van der Waals surface area contributed by atoms with Gasteiger partial charge in [-0.2, -0.15) is 0 Å². The molecular weight excluding hydrogens is 264 g/mol. The van der Waals surface area contributed by atoms with E-state index >= 15 is 0 Å². The summed E-state index contributed by atoms with van der Waals surface area (Å²) in [7, 11) is 0. The van der Waals surface area contributed by atoms with Gasteiger partial charge in [-0.25, -0.2) is 4.79 Å². The van der Waals surface area contributed by atoms with Crippen LogP contribution in [-0.2, 0) is 0 Å². The molecule has 0 radical (unpaired) electrons. The van der Waals surface area contributed by atoms with Crippen molar-refractivity contribution in [1.29, 1.82) is 0 Å². The highest BCUT2D eigenvalue weighted by Crippen LogP contribution is 2.24. The van der Waals surface area contributed by atoms with Gasteiger partial charge in [-0.15, -0.1) is 6.58 Å². The minimum absolute atomic E-state index is 0.380. The van der Waals surface area contributed by atoms with Gasteiger partial charge in [-0.3, -0.25) is 4.90 Å². The Hall–Kier alpha value is -1.81. The molecule has 1 aliphatic heterocycles. The van der Waals surface area contributed by atoms with Crippen molar-refractivity contribution in [3.05, 3.63) is 42.0 Å². The molecule has 0 bridgehead atoms. The van der Waals surface area contributed by atoms with Crippen LogP contribution < -0.4 is 4.90 Å². The Labute approximate surface area is 126 Å².